The van der Waals surface area contributed by atoms with Gasteiger partial charge < -0.3 is 4.90 Å². The van der Waals surface area contributed by atoms with Crippen LogP contribution in [0.5, 0.6) is 0 Å². The van der Waals surface area contributed by atoms with Crippen LogP contribution in [0.2, 0.25) is 0 Å². The summed E-state index contributed by atoms with van der Waals surface area (Å²) in [5.41, 5.74) is 0.935. The zero-order valence-electron chi connectivity index (χ0n) is 10.5. The van der Waals surface area contributed by atoms with Gasteiger partial charge in [0, 0.05) is 29.7 Å². The monoisotopic (exact) mass is 297 g/mol. The van der Waals surface area contributed by atoms with Crippen molar-refractivity contribution >= 4 is 27.5 Å². The van der Waals surface area contributed by atoms with Crippen molar-refractivity contribution in [3.05, 3.63) is 18.1 Å². The third-order valence-corrected chi connectivity index (χ3v) is 4.31. The summed E-state index contributed by atoms with van der Waals surface area (Å²) in [5, 5.41) is 5.08. The largest absolute Gasteiger partial charge is 0.353 e. The van der Waals surface area contributed by atoms with Crippen molar-refractivity contribution in [2.45, 2.75) is 26.3 Å². The Labute approximate surface area is 109 Å². The minimum absolute atomic E-state index is 0.00727. The maximum absolute atomic E-state index is 4.34. The molecule has 0 amide bonds. The lowest BCUT2D eigenvalue weighted by atomic mass is 10.1. The van der Waals surface area contributed by atoms with E-state index in [9.17, 15) is 0 Å². The van der Waals surface area contributed by atoms with Crippen molar-refractivity contribution in [1.82, 2.24) is 19.6 Å². The molecule has 17 heavy (non-hydrogen) atoms. The highest BCUT2D eigenvalue weighted by Gasteiger charge is 2.24. The van der Waals surface area contributed by atoms with Gasteiger partial charge in [-0.1, -0.05) is 15.9 Å². The molecule has 0 bridgehead atoms. The summed E-state index contributed by atoms with van der Waals surface area (Å²) in [4.78, 5) is 10.6. The van der Waals surface area contributed by atoms with Gasteiger partial charge in [0.2, 0.25) is 0 Å². The first kappa shape index (κ1) is 12.3. The predicted octanol–water partition coefficient (Wildman–Crippen LogP) is 2.04. The van der Waals surface area contributed by atoms with Gasteiger partial charge in [-0.2, -0.15) is 14.6 Å². The van der Waals surface area contributed by atoms with Gasteiger partial charge in [-0.15, -0.1) is 0 Å². The van der Waals surface area contributed by atoms with Crippen molar-refractivity contribution in [3.63, 3.8) is 0 Å². The van der Waals surface area contributed by atoms with Crippen LogP contribution in [0.15, 0.2) is 12.4 Å². The second-order valence-corrected chi connectivity index (χ2v) is 5.29. The maximum atomic E-state index is 4.34. The van der Waals surface area contributed by atoms with Gasteiger partial charge in [0.25, 0.3) is 5.78 Å². The molecule has 0 N–H and O–H groups in total. The summed E-state index contributed by atoms with van der Waals surface area (Å²) in [6.45, 7) is 6.30. The molecular formula is C11H16BrN5. The van der Waals surface area contributed by atoms with Crippen molar-refractivity contribution in [2.75, 3.05) is 17.3 Å². The molecule has 0 aromatic carbocycles. The number of nitrogens with zero attached hydrogens (tertiary/aromatic N) is 5. The number of rotatable bonds is 3. The Balaban J connectivity index is 2.58. The molecule has 92 valence electrons. The molecule has 0 unspecified atom stereocenters. The summed E-state index contributed by atoms with van der Waals surface area (Å²) in [6.07, 6.45) is 1.53. The van der Waals surface area contributed by atoms with E-state index in [0.717, 1.165) is 16.8 Å². The molecule has 0 aliphatic carbocycles. The minimum Gasteiger partial charge on any atom is -0.353 e. The van der Waals surface area contributed by atoms with Gasteiger partial charge >= 0.3 is 0 Å². The van der Waals surface area contributed by atoms with Gasteiger partial charge in [-0.3, -0.25) is 0 Å². The Kier molecular flexibility index (Phi) is 3.07. The topological polar surface area (TPSA) is 46.3 Å². The summed E-state index contributed by atoms with van der Waals surface area (Å²) >= 11 is 3.54. The Hall–Kier alpha value is -1.17. The number of fused-ring (bicyclic) bond motifs is 1. The van der Waals surface area contributed by atoms with E-state index in [0.29, 0.717) is 5.78 Å². The highest BCUT2D eigenvalue weighted by Crippen LogP contribution is 2.24. The van der Waals surface area contributed by atoms with E-state index in [1.54, 1.807) is 4.52 Å². The van der Waals surface area contributed by atoms with Crippen LogP contribution in [0.1, 0.15) is 19.5 Å². The lowest BCUT2D eigenvalue weighted by Crippen LogP contribution is -2.43. The molecule has 6 heteroatoms. The molecule has 5 nitrogen and oxygen atoms in total. The van der Waals surface area contributed by atoms with Crippen LogP contribution in [0.25, 0.3) is 5.78 Å². The van der Waals surface area contributed by atoms with Crippen molar-refractivity contribution < 1.29 is 0 Å². The summed E-state index contributed by atoms with van der Waals surface area (Å²) < 4.78 is 1.76. The zero-order chi connectivity index (χ0) is 12.6. The van der Waals surface area contributed by atoms with E-state index in [1.165, 1.54) is 6.33 Å². The van der Waals surface area contributed by atoms with Crippen LogP contribution >= 0.6 is 15.9 Å². The fourth-order valence-corrected chi connectivity index (χ4v) is 1.93. The Morgan fingerprint density at radius 3 is 2.82 bits per heavy atom. The first-order chi connectivity index (χ1) is 7.95. The molecule has 0 aliphatic heterocycles. The van der Waals surface area contributed by atoms with Crippen molar-refractivity contribution in [1.29, 1.82) is 0 Å². The molecule has 2 heterocycles. The summed E-state index contributed by atoms with van der Waals surface area (Å²) in [7, 11) is 2.05. The average Bonchev–Trinajstić information content (AvgIpc) is 2.74. The van der Waals surface area contributed by atoms with Crippen molar-refractivity contribution in [2.24, 2.45) is 0 Å². The predicted molar refractivity (Wildman–Crippen MR) is 71.8 cm³/mol. The molecule has 0 radical (unpaired) electrons. The highest BCUT2D eigenvalue weighted by atomic mass is 79.9. The minimum atomic E-state index is -0.00727. The summed E-state index contributed by atoms with van der Waals surface area (Å²) in [6, 6.07) is 2.02. The number of aromatic nitrogens is 4. The van der Waals surface area contributed by atoms with E-state index in [-0.39, 0.29) is 5.54 Å². The van der Waals surface area contributed by atoms with Crippen LogP contribution in [-0.2, 0) is 0 Å². The standard InChI is InChI=1S/C11H16BrN5/c1-8-5-9(16(4)11(2,3)6-12)17-10(15-8)13-7-14-17/h5,7H,6H2,1-4H3. The number of anilines is 1. The van der Waals surface area contributed by atoms with E-state index >= 15 is 0 Å². The normalized spacial score (nSPS) is 12.1. The molecule has 2 aromatic heterocycles. The third-order valence-electron chi connectivity index (χ3n) is 2.94. The lowest BCUT2D eigenvalue weighted by molar-refractivity contribution is 0.541. The SMILES string of the molecule is Cc1cc(N(C)C(C)(C)CBr)n2ncnc2n1. The molecule has 0 saturated heterocycles. The van der Waals surface area contributed by atoms with Crippen LogP contribution in [0.4, 0.5) is 5.82 Å². The second-order valence-electron chi connectivity index (χ2n) is 4.73. The van der Waals surface area contributed by atoms with Crippen LogP contribution in [0.3, 0.4) is 0 Å². The van der Waals surface area contributed by atoms with Gasteiger partial charge in [-0.05, 0) is 20.8 Å². The average molecular weight is 298 g/mol. The first-order valence-corrected chi connectivity index (χ1v) is 6.55. The number of alkyl halides is 1. The second kappa shape index (κ2) is 4.25. The van der Waals surface area contributed by atoms with E-state index in [4.69, 9.17) is 0 Å². The smallest absolute Gasteiger partial charge is 0.254 e. The maximum Gasteiger partial charge on any atom is 0.254 e. The zero-order valence-corrected chi connectivity index (χ0v) is 12.1. The number of aryl methyl sites for hydroxylation is 1. The van der Waals surface area contributed by atoms with Gasteiger partial charge in [-0.25, -0.2) is 4.98 Å². The third kappa shape index (κ3) is 2.13. The van der Waals surface area contributed by atoms with E-state index in [1.807, 2.05) is 13.0 Å². The Bertz CT molecular complexity index is 534. The molecule has 0 saturated carbocycles. The lowest BCUT2D eigenvalue weighted by Gasteiger charge is -2.35. The van der Waals surface area contributed by atoms with Crippen LogP contribution in [0, 0.1) is 6.92 Å². The number of halogens is 1. The molecular weight excluding hydrogens is 282 g/mol. The van der Waals surface area contributed by atoms with Crippen LogP contribution < -0.4 is 4.90 Å². The highest BCUT2D eigenvalue weighted by molar-refractivity contribution is 9.09. The van der Waals surface area contributed by atoms with Gasteiger partial charge in [0.1, 0.15) is 12.1 Å². The van der Waals surface area contributed by atoms with E-state index in [2.05, 4.69) is 56.8 Å². The number of hydrogen-bond acceptors (Lipinski definition) is 4. The van der Waals surface area contributed by atoms with Gasteiger partial charge in [0.15, 0.2) is 0 Å². The number of hydrogen-bond donors (Lipinski definition) is 0. The van der Waals surface area contributed by atoms with Gasteiger partial charge in [0.05, 0.1) is 0 Å². The van der Waals surface area contributed by atoms with Crippen LogP contribution in [-0.4, -0.2) is 37.5 Å². The quantitative estimate of drug-likeness (QED) is 0.814. The molecule has 2 rings (SSSR count). The molecule has 0 spiro atoms. The molecule has 0 aliphatic rings. The fraction of sp³-hybridized carbons (Fsp3) is 0.545. The fourth-order valence-electron chi connectivity index (χ4n) is 1.55. The molecule has 0 atom stereocenters. The molecule has 0 fully saturated rings. The molecule has 2 aromatic rings. The summed E-state index contributed by atoms with van der Waals surface area (Å²) in [5.74, 6) is 1.63. The Morgan fingerprint density at radius 2 is 2.18 bits per heavy atom. The Morgan fingerprint density at radius 1 is 1.47 bits per heavy atom. The first-order valence-electron chi connectivity index (χ1n) is 5.43. The van der Waals surface area contributed by atoms with E-state index < -0.39 is 0 Å². The van der Waals surface area contributed by atoms with Crippen molar-refractivity contribution in [3.8, 4) is 0 Å².